The molecular formula is C13H17N3O. The number of rotatable bonds is 5. The minimum absolute atomic E-state index is 0.301. The molecule has 2 rings (SSSR count). The van der Waals surface area contributed by atoms with E-state index in [0.717, 1.165) is 0 Å². The van der Waals surface area contributed by atoms with Crippen LogP contribution in [0.4, 0.5) is 0 Å². The van der Waals surface area contributed by atoms with Gasteiger partial charge in [-0.15, -0.1) is 0 Å². The summed E-state index contributed by atoms with van der Waals surface area (Å²) < 4.78 is 4.71. The first-order valence-electron chi connectivity index (χ1n) is 5.81. The average Bonchev–Trinajstić information content (AvgIpc) is 2.83. The quantitative estimate of drug-likeness (QED) is 0.859. The molecule has 2 aromatic rings. The van der Waals surface area contributed by atoms with Gasteiger partial charge in [0.15, 0.2) is 5.82 Å². The zero-order valence-corrected chi connectivity index (χ0v) is 10.1. The molecule has 17 heavy (non-hydrogen) atoms. The van der Waals surface area contributed by atoms with Crippen LogP contribution in [-0.4, -0.2) is 10.1 Å². The molecule has 0 aliphatic rings. The summed E-state index contributed by atoms with van der Waals surface area (Å²) in [6, 6.07) is 10.7. The molecule has 0 spiro atoms. The van der Waals surface area contributed by atoms with Gasteiger partial charge in [0.2, 0.25) is 6.39 Å². The normalized spacial score (nSPS) is 12.9. The standard InChI is InChI=1S/C13H17N3O/c1-10(2)13(11-6-4-3-5-7-11)14-8-12-15-9-17-16-12/h3-7,9-10,13-14H,8H2,1-2H3. The summed E-state index contributed by atoms with van der Waals surface area (Å²) >= 11 is 0. The Morgan fingerprint density at radius 3 is 2.59 bits per heavy atom. The summed E-state index contributed by atoms with van der Waals surface area (Å²) in [4.78, 5) is 4.00. The monoisotopic (exact) mass is 231 g/mol. The van der Waals surface area contributed by atoms with Crippen molar-refractivity contribution in [2.75, 3.05) is 0 Å². The lowest BCUT2D eigenvalue weighted by Gasteiger charge is -2.22. The van der Waals surface area contributed by atoms with Crippen molar-refractivity contribution < 1.29 is 4.52 Å². The van der Waals surface area contributed by atoms with E-state index in [-0.39, 0.29) is 0 Å². The number of aromatic nitrogens is 2. The Bertz CT molecular complexity index is 425. The zero-order valence-electron chi connectivity index (χ0n) is 10.1. The lowest BCUT2D eigenvalue weighted by Crippen LogP contribution is -2.25. The molecule has 0 radical (unpaired) electrons. The van der Waals surface area contributed by atoms with Crippen LogP contribution in [0.25, 0.3) is 0 Å². The van der Waals surface area contributed by atoms with Gasteiger partial charge in [-0.05, 0) is 11.5 Å². The second kappa shape index (κ2) is 5.59. The molecular weight excluding hydrogens is 214 g/mol. The lowest BCUT2D eigenvalue weighted by atomic mass is 9.96. The van der Waals surface area contributed by atoms with Gasteiger partial charge in [0, 0.05) is 6.04 Å². The highest BCUT2D eigenvalue weighted by Crippen LogP contribution is 2.21. The fourth-order valence-corrected chi connectivity index (χ4v) is 1.87. The molecule has 0 bridgehead atoms. The van der Waals surface area contributed by atoms with Crippen molar-refractivity contribution in [2.24, 2.45) is 5.92 Å². The summed E-state index contributed by atoms with van der Waals surface area (Å²) in [5, 5.41) is 7.25. The summed E-state index contributed by atoms with van der Waals surface area (Å²) in [6.45, 7) is 5.01. The van der Waals surface area contributed by atoms with E-state index in [1.807, 2.05) is 6.07 Å². The first kappa shape index (κ1) is 11.8. The number of hydrogen-bond acceptors (Lipinski definition) is 4. The van der Waals surface area contributed by atoms with Crippen LogP contribution in [0.2, 0.25) is 0 Å². The largest absolute Gasteiger partial charge is 0.343 e. The number of hydrogen-bond donors (Lipinski definition) is 1. The summed E-state index contributed by atoms with van der Waals surface area (Å²) in [5.41, 5.74) is 1.28. The molecule has 0 fully saturated rings. The van der Waals surface area contributed by atoms with Crippen LogP contribution < -0.4 is 5.32 Å². The molecule has 0 aliphatic heterocycles. The van der Waals surface area contributed by atoms with E-state index < -0.39 is 0 Å². The smallest absolute Gasteiger partial charge is 0.213 e. The molecule has 1 heterocycles. The van der Waals surface area contributed by atoms with E-state index in [9.17, 15) is 0 Å². The molecule has 0 saturated carbocycles. The molecule has 1 unspecified atom stereocenters. The minimum Gasteiger partial charge on any atom is -0.343 e. The predicted octanol–water partition coefficient (Wildman–Crippen LogP) is 2.56. The van der Waals surface area contributed by atoms with Gasteiger partial charge in [-0.1, -0.05) is 49.3 Å². The number of nitrogens with zero attached hydrogens (tertiary/aromatic N) is 2. The molecule has 1 aromatic carbocycles. The predicted molar refractivity (Wildman–Crippen MR) is 65.2 cm³/mol. The molecule has 1 atom stereocenters. The fraction of sp³-hybridized carbons (Fsp3) is 0.385. The van der Waals surface area contributed by atoms with Crippen molar-refractivity contribution in [1.82, 2.24) is 15.5 Å². The maximum atomic E-state index is 4.71. The Morgan fingerprint density at radius 2 is 2.00 bits per heavy atom. The number of nitrogens with one attached hydrogen (secondary N) is 1. The van der Waals surface area contributed by atoms with Gasteiger partial charge in [-0.25, -0.2) is 0 Å². The second-order valence-electron chi connectivity index (χ2n) is 4.36. The minimum atomic E-state index is 0.301. The van der Waals surface area contributed by atoms with Gasteiger partial charge in [0.1, 0.15) is 0 Å². The zero-order chi connectivity index (χ0) is 12.1. The van der Waals surface area contributed by atoms with Crippen molar-refractivity contribution in [3.63, 3.8) is 0 Å². The van der Waals surface area contributed by atoms with Crippen LogP contribution in [0.5, 0.6) is 0 Å². The average molecular weight is 231 g/mol. The molecule has 4 heteroatoms. The van der Waals surface area contributed by atoms with Crippen molar-refractivity contribution in [3.8, 4) is 0 Å². The highest BCUT2D eigenvalue weighted by atomic mass is 16.5. The van der Waals surface area contributed by atoms with Crippen LogP contribution in [-0.2, 0) is 6.54 Å². The van der Waals surface area contributed by atoms with Crippen LogP contribution >= 0.6 is 0 Å². The van der Waals surface area contributed by atoms with Crippen molar-refractivity contribution in [3.05, 3.63) is 48.1 Å². The highest BCUT2D eigenvalue weighted by molar-refractivity contribution is 5.19. The first-order valence-corrected chi connectivity index (χ1v) is 5.81. The SMILES string of the molecule is CC(C)C(NCc1ncon1)c1ccccc1. The highest BCUT2D eigenvalue weighted by Gasteiger charge is 2.15. The van der Waals surface area contributed by atoms with Gasteiger partial charge in [0.25, 0.3) is 0 Å². The summed E-state index contributed by atoms with van der Waals surface area (Å²) in [7, 11) is 0. The Kier molecular flexibility index (Phi) is 3.88. The van der Waals surface area contributed by atoms with Crippen LogP contribution in [0.1, 0.15) is 31.3 Å². The molecule has 1 N–H and O–H groups in total. The molecule has 90 valence electrons. The third kappa shape index (κ3) is 3.14. The number of benzene rings is 1. The maximum Gasteiger partial charge on any atom is 0.213 e. The van der Waals surface area contributed by atoms with E-state index >= 15 is 0 Å². The third-order valence-corrected chi connectivity index (χ3v) is 2.71. The molecule has 4 nitrogen and oxygen atoms in total. The Morgan fingerprint density at radius 1 is 1.24 bits per heavy atom. The first-order chi connectivity index (χ1) is 8.27. The molecule has 0 saturated heterocycles. The van der Waals surface area contributed by atoms with Crippen molar-refractivity contribution in [1.29, 1.82) is 0 Å². The van der Waals surface area contributed by atoms with Crippen LogP contribution in [0.3, 0.4) is 0 Å². The van der Waals surface area contributed by atoms with E-state index in [4.69, 9.17) is 4.52 Å². The van der Waals surface area contributed by atoms with Gasteiger partial charge in [-0.3, -0.25) is 0 Å². The van der Waals surface area contributed by atoms with Gasteiger partial charge in [0.05, 0.1) is 6.54 Å². The lowest BCUT2D eigenvalue weighted by molar-refractivity contribution is 0.384. The van der Waals surface area contributed by atoms with Crippen molar-refractivity contribution >= 4 is 0 Å². The van der Waals surface area contributed by atoms with E-state index in [1.54, 1.807) is 0 Å². The van der Waals surface area contributed by atoms with Crippen molar-refractivity contribution in [2.45, 2.75) is 26.4 Å². The Hall–Kier alpha value is -1.68. The van der Waals surface area contributed by atoms with E-state index in [0.29, 0.717) is 24.3 Å². The van der Waals surface area contributed by atoms with Gasteiger partial charge >= 0.3 is 0 Å². The third-order valence-electron chi connectivity index (χ3n) is 2.71. The Labute approximate surface area is 101 Å². The van der Waals surface area contributed by atoms with E-state index in [2.05, 4.69) is 53.6 Å². The second-order valence-corrected chi connectivity index (χ2v) is 4.36. The molecule has 0 aliphatic carbocycles. The van der Waals surface area contributed by atoms with Crippen LogP contribution in [0.15, 0.2) is 41.2 Å². The summed E-state index contributed by atoms with van der Waals surface area (Å²) in [6.07, 6.45) is 1.35. The fourth-order valence-electron chi connectivity index (χ4n) is 1.87. The molecule has 0 amide bonds. The summed E-state index contributed by atoms with van der Waals surface area (Å²) in [5.74, 6) is 1.19. The Balaban J connectivity index is 2.03. The topological polar surface area (TPSA) is 51.0 Å². The maximum absolute atomic E-state index is 4.71. The van der Waals surface area contributed by atoms with Gasteiger partial charge < -0.3 is 9.84 Å². The molecule has 1 aromatic heterocycles. The van der Waals surface area contributed by atoms with Crippen LogP contribution in [0, 0.1) is 5.92 Å². The van der Waals surface area contributed by atoms with Gasteiger partial charge in [-0.2, -0.15) is 4.98 Å². The van der Waals surface area contributed by atoms with E-state index in [1.165, 1.54) is 12.0 Å².